The number of carbonyl (C=O) groups is 4. The van der Waals surface area contributed by atoms with E-state index < -0.39 is 41.7 Å². The highest BCUT2D eigenvalue weighted by molar-refractivity contribution is 5.98. The molecule has 252 valence electrons. The van der Waals surface area contributed by atoms with Gasteiger partial charge in [-0.1, -0.05) is 25.0 Å². The van der Waals surface area contributed by atoms with Crippen LogP contribution < -0.4 is 5.32 Å². The molecule has 2 bridgehead atoms. The molecule has 4 heterocycles. The molecule has 6 atom stereocenters. The number of aliphatic hydroxyl groups excluding tert-OH is 1. The summed E-state index contributed by atoms with van der Waals surface area (Å²) in [5.41, 5.74) is -1.10. The Morgan fingerprint density at radius 1 is 1.16 bits per heavy atom. The van der Waals surface area contributed by atoms with Crippen LogP contribution in [0.5, 0.6) is 0 Å². The topological polar surface area (TPSA) is 138 Å². The molecule has 4 aliphatic heterocycles. The highest BCUT2D eigenvalue weighted by atomic mass is 16.6. The average Bonchev–Trinajstić information content (AvgIpc) is 3.68. The Morgan fingerprint density at radius 2 is 1.91 bits per heavy atom. The number of morpholine rings is 1. The van der Waals surface area contributed by atoms with Crippen LogP contribution in [0.25, 0.3) is 0 Å². The zero-order valence-corrected chi connectivity index (χ0v) is 26.8. The number of rotatable bonds is 19. The average molecular weight is 633 g/mol. The number of fused-ring (bicyclic) bond motifs is 1. The lowest BCUT2D eigenvalue weighted by Gasteiger charge is -2.37. The normalized spacial score (nSPS) is 28.0. The van der Waals surface area contributed by atoms with Crippen LogP contribution in [0.3, 0.4) is 0 Å². The summed E-state index contributed by atoms with van der Waals surface area (Å²) in [6, 6.07) is -0.846. The number of amides is 3. The number of ether oxygens (including phenoxy) is 3. The van der Waals surface area contributed by atoms with Gasteiger partial charge in [-0.25, -0.2) is 0 Å². The van der Waals surface area contributed by atoms with Gasteiger partial charge in [0.2, 0.25) is 17.7 Å². The fourth-order valence-electron chi connectivity index (χ4n) is 7.29. The second kappa shape index (κ2) is 16.7. The van der Waals surface area contributed by atoms with Crippen LogP contribution >= 0.6 is 0 Å². The molecule has 4 aliphatic rings. The number of hydrogen-bond donors (Lipinski definition) is 2. The van der Waals surface area contributed by atoms with E-state index in [-0.39, 0.29) is 30.9 Å². The van der Waals surface area contributed by atoms with E-state index >= 15 is 0 Å². The number of likely N-dealkylation sites (tertiary alicyclic amines) is 1. The first-order valence-corrected chi connectivity index (χ1v) is 16.6. The van der Waals surface area contributed by atoms with Gasteiger partial charge in [0.15, 0.2) is 0 Å². The van der Waals surface area contributed by atoms with Gasteiger partial charge in [-0.2, -0.15) is 0 Å². The molecule has 0 aliphatic carbocycles. The summed E-state index contributed by atoms with van der Waals surface area (Å²) >= 11 is 0. The zero-order valence-electron chi connectivity index (χ0n) is 26.8. The van der Waals surface area contributed by atoms with Gasteiger partial charge in [-0.3, -0.25) is 24.1 Å². The third-order valence-electron chi connectivity index (χ3n) is 9.54. The summed E-state index contributed by atoms with van der Waals surface area (Å²) in [5, 5.41) is 12.0. The lowest BCUT2D eigenvalue weighted by Crippen LogP contribution is -2.57. The van der Waals surface area contributed by atoms with Crippen LogP contribution in [0.2, 0.25) is 0 Å². The first kappa shape index (κ1) is 35.1. The fourth-order valence-corrected chi connectivity index (χ4v) is 7.29. The van der Waals surface area contributed by atoms with Gasteiger partial charge < -0.3 is 34.4 Å². The van der Waals surface area contributed by atoms with Crippen LogP contribution in [0.15, 0.2) is 25.3 Å². The molecule has 45 heavy (non-hydrogen) atoms. The van der Waals surface area contributed by atoms with Crippen LogP contribution in [-0.4, -0.2) is 133 Å². The van der Waals surface area contributed by atoms with Gasteiger partial charge >= 0.3 is 5.97 Å². The first-order valence-electron chi connectivity index (χ1n) is 16.6. The fraction of sp³-hybridized carbons (Fsp3) is 0.758. The molecule has 4 fully saturated rings. The number of esters is 1. The Hall–Kier alpha value is -2.80. The van der Waals surface area contributed by atoms with Gasteiger partial charge in [0.1, 0.15) is 17.7 Å². The summed E-state index contributed by atoms with van der Waals surface area (Å²) < 4.78 is 17.8. The van der Waals surface area contributed by atoms with E-state index in [2.05, 4.69) is 23.4 Å². The Labute approximate surface area is 267 Å². The van der Waals surface area contributed by atoms with Gasteiger partial charge in [0.05, 0.1) is 37.7 Å². The van der Waals surface area contributed by atoms with Crippen molar-refractivity contribution in [2.45, 2.75) is 82.1 Å². The maximum Gasteiger partial charge on any atom is 0.312 e. The molecule has 0 aromatic carbocycles. The second-order valence-corrected chi connectivity index (χ2v) is 12.6. The Balaban J connectivity index is 1.51. The number of nitrogens with one attached hydrogen (secondary N) is 1. The van der Waals surface area contributed by atoms with E-state index in [9.17, 15) is 24.3 Å². The number of carbonyl (C=O) groups excluding carboxylic acids is 4. The lowest BCUT2D eigenvalue weighted by atomic mass is 9.70. The van der Waals surface area contributed by atoms with E-state index in [0.29, 0.717) is 77.9 Å². The summed E-state index contributed by atoms with van der Waals surface area (Å²) in [6.07, 6.45) is 7.18. The molecular formula is C33H52N4O8. The molecule has 1 spiro atoms. The maximum atomic E-state index is 14.5. The quantitative estimate of drug-likeness (QED) is 0.123. The van der Waals surface area contributed by atoms with Crippen molar-refractivity contribution < 1.29 is 38.5 Å². The molecular weight excluding hydrogens is 580 g/mol. The lowest BCUT2D eigenvalue weighted by molar-refractivity contribution is -0.159. The standard InChI is InChI=1S/C33H52N4O8/c1-4-6-11-26(39)34-23-24(3)44-32(42)27-25-12-13-33(45-25)28(27)30(40)37(15-9-7-8-10-20-38)29(33)31(41)36(14-5-2)17-16-35-18-21-43-22-19-35/h4-5,24-25,27-29,38H,1-2,6-23H2,3H3,(H,34,39)/t24-,25-,27+,28+,29-,33+/m1/s1. The Bertz CT molecular complexity index is 1070. The van der Waals surface area contributed by atoms with Crippen molar-refractivity contribution in [2.24, 2.45) is 11.8 Å². The third-order valence-corrected chi connectivity index (χ3v) is 9.54. The van der Waals surface area contributed by atoms with E-state index in [1.807, 2.05) is 0 Å². The first-order chi connectivity index (χ1) is 21.8. The number of unbranched alkanes of at least 4 members (excludes halogenated alkanes) is 3. The Kier molecular flexibility index (Phi) is 13.0. The van der Waals surface area contributed by atoms with E-state index in [1.54, 1.807) is 28.9 Å². The smallest absolute Gasteiger partial charge is 0.312 e. The second-order valence-electron chi connectivity index (χ2n) is 12.6. The summed E-state index contributed by atoms with van der Waals surface area (Å²) in [7, 11) is 0. The summed E-state index contributed by atoms with van der Waals surface area (Å²) in [4.78, 5) is 60.0. The van der Waals surface area contributed by atoms with Crippen molar-refractivity contribution in [1.82, 2.24) is 20.0 Å². The number of aliphatic hydroxyl groups is 1. The summed E-state index contributed by atoms with van der Waals surface area (Å²) in [6.45, 7) is 14.3. The molecule has 4 rings (SSSR count). The number of hydrogen-bond acceptors (Lipinski definition) is 9. The van der Waals surface area contributed by atoms with Crippen molar-refractivity contribution >= 4 is 23.7 Å². The van der Waals surface area contributed by atoms with E-state index in [0.717, 1.165) is 25.9 Å². The molecule has 3 amide bonds. The van der Waals surface area contributed by atoms with Gasteiger partial charge in [0, 0.05) is 52.3 Å². The molecule has 4 saturated heterocycles. The molecule has 12 heteroatoms. The largest absolute Gasteiger partial charge is 0.460 e. The Morgan fingerprint density at radius 3 is 2.62 bits per heavy atom. The monoisotopic (exact) mass is 632 g/mol. The van der Waals surface area contributed by atoms with Crippen LogP contribution in [0, 0.1) is 11.8 Å². The molecule has 0 unspecified atom stereocenters. The maximum absolute atomic E-state index is 14.5. The minimum atomic E-state index is -1.10. The zero-order chi connectivity index (χ0) is 32.4. The third kappa shape index (κ3) is 8.14. The molecule has 0 aromatic rings. The molecule has 0 radical (unpaired) electrons. The SMILES string of the molecule is C=CCCC(=O)NC[C@@H](C)OC(=O)[C@@H]1[C@H]2C(=O)N(CCCCCCO)[C@H](C(=O)N(CC=C)CCN3CCOCC3)[C@]23CC[C@H]1O3. The van der Waals surface area contributed by atoms with E-state index in [1.165, 1.54) is 0 Å². The van der Waals surface area contributed by atoms with Crippen LogP contribution in [0.1, 0.15) is 58.3 Å². The van der Waals surface area contributed by atoms with Crippen molar-refractivity contribution in [1.29, 1.82) is 0 Å². The molecule has 0 saturated carbocycles. The minimum Gasteiger partial charge on any atom is -0.460 e. The minimum absolute atomic E-state index is 0.116. The predicted molar refractivity (Wildman–Crippen MR) is 167 cm³/mol. The van der Waals surface area contributed by atoms with Crippen LogP contribution in [-0.2, 0) is 33.4 Å². The van der Waals surface area contributed by atoms with Crippen LogP contribution in [0.4, 0.5) is 0 Å². The van der Waals surface area contributed by atoms with Gasteiger partial charge in [0.25, 0.3) is 0 Å². The number of nitrogens with zero attached hydrogens (tertiary/aromatic N) is 3. The van der Waals surface area contributed by atoms with Crippen molar-refractivity contribution in [3.63, 3.8) is 0 Å². The van der Waals surface area contributed by atoms with Crippen molar-refractivity contribution in [2.75, 3.05) is 65.6 Å². The molecule has 0 aromatic heterocycles. The van der Waals surface area contributed by atoms with Gasteiger partial charge in [-0.15, -0.1) is 13.2 Å². The highest BCUT2D eigenvalue weighted by Gasteiger charge is 2.75. The van der Waals surface area contributed by atoms with E-state index in [4.69, 9.17) is 14.2 Å². The molecule has 12 nitrogen and oxygen atoms in total. The van der Waals surface area contributed by atoms with Gasteiger partial charge in [-0.05, 0) is 39.0 Å². The number of allylic oxidation sites excluding steroid dienone is 1. The predicted octanol–water partition coefficient (Wildman–Crippen LogP) is 1.27. The van der Waals surface area contributed by atoms with Crippen molar-refractivity contribution in [3.05, 3.63) is 25.3 Å². The molecule has 2 N–H and O–H groups in total. The highest BCUT2D eigenvalue weighted by Crippen LogP contribution is 2.58. The summed E-state index contributed by atoms with van der Waals surface area (Å²) in [5.74, 6) is -2.73. The van der Waals surface area contributed by atoms with Crippen molar-refractivity contribution in [3.8, 4) is 0 Å².